The maximum Gasteiger partial charge on any atom is 0.159 e. The van der Waals surface area contributed by atoms with E-state index in [1.54, 1.807) is 22.7 Å². The lowest BCUT2D eigenvalue weighted by atomic mass is 9.95. The molecular formula is C56H66O2S4. The maximum atomic E-state index is 6.86. The van der Waals surface area contributed by atoms with E-state index >= 15 is 0 Å². The number of rotatable bonds is 27. The summed E-state index contributed by atoms with van der Waals surface area (Å²) in [7, 11) is 0. The number of hydrogen-bond donors (Lipinski definition) is 0. The van der Waals surface area contributed by atoms with E-state index in [-0.39, 0.29) is 0 Å². The molecule has 5 rings (SSSR count). The van der Waals surface area contributed by atoms with E-state index < -0.39 is 0 Å². The normalized spacial score (nSPS) is 10.6. The van der Waals surface area contributed by atoms with Crippen LogP contribution in [0.3, 0.4) is 0 Å². The molecule has 0 aliphatic rings. The predicted molar refractivity (Wildman–Crippen MR) is 275 cm³/mol. The van der Waals surface area contributed by atoms with Crippen molar-refractivity contribution in [1.29, 1.82) is 0 Å². The van der Waals surface area contributed by atoms with Gasteiger partial charge in [0.1, 0.15) is 11.9 Å². The Morgan fingerprint density at radius 2 is 0.984 bits per heavy atom. The van der Waals surface area contributed by atoms with Crippen molar-refractivity contribution in [2.75, 3.05) is 6.61 Å². The van der Waals surface area contributed by atoms with Gasteiger partial charge >= 0.3 is 0 Å². The predicted octanol–water partition coefficient (Wildman–Crippen LogP) is 17.7. The summed E-state index contributed by atoms with van der Waals surface area (Å²) < 4.78 is 12.8. The van der Waals surface area contributed by atoms with Crippen LogP contribution in [-0.2, 0) is 12.8 Å². The zero-order valence-electron chi connectivity index (χ0n) is 38.0. The topological polar surface area (TPSA) is 18.5 Å². The third kappa shape index (κ3) is 15.6. The lowest BCUT2D eigenvalue weighted by molar-refractivity contribution is 0.305. The largest absolute Gasteiger partial charge is 0.493 e. The van der Waals surface area contributed by atoms with Crippen LogP contribution in [0.25, 0.3) is 40.4 Å². The first-order valence-electron chi connectivity index (χ1n) is 23.3. The van der Waals surface area contributed by atoms with E-state index in [2.05, 4.69) is 119 Å². The molecule has 4 heterocycles. The second kappa shape index (κ2) is 27.8. The molecule has 0 atom stereocenters. The van der Waals surface area contributed by atoms with Crippen molar-refractivity contribution in [2.45, 2.75) is 163 Å². The number of benzene rings is 1. The van der Waals surface area contributed by atoms with Crippen molar-refractivity contribution in [3.05, 3.63) is 69.4 Å². The molecule has 0 unspecified atom stereocenters. The maximum absolute atomic E-state index is 6.86. The Morgan fingerprint density at radius 3 is 1.65 bits per heavy atom. The molecule has 5 aromatic rings. The standard InChI is InChI=1S/C56H66O2S4/c1-7-11-15-19-23-27-31-45-41-48(52-34-36-54(62-52)56-50(40-44(6)60-56)58-38-30-26-22-18-14-10-4)49(57-37-29-25-21-17-13-9-3)42-47(45)51-33-35-53(61-51)55-46(39-43(5)59-55)32-28-24-20-16-12-8-2/h4,33-36,39-42H,7-9,11-13,15-17,19-21,23-25,27-29,31-32,37H2,1-3,5-6H3. The number of thiophene rings is 4. The van der Waals surface area contributed by atoms with Crippen LogP contribution in [0.15, 0.2) is 48.5 Å². The zero-order chi connectivity index (χ0) is 43.8. The van der Waals surface area contributed by atoms with E-state index in [0.29, 0.717) is 0 Å². The molecule has 0 saturated carbocycles. The Hall–Kier alpha value is -4.14. The Morgan fingerprint density at radius 1 is 0.468 bits per heavy atom. The molecule has 0 spiro atoms. The van der Waals surface area contributed by atoms with Crippen LogP contribution < -0.4 is 9.47 Å². The summed E-state index contributed by atoms with van der Waals surface area (Å²) in [5, 5.41) is 0. The lowest BCUT2D eigenvalue weighted by Gasteiger charge is -2.17. The second-order valence-electron chi connectivity index (χ2n) is 16.2. The molecule has 0 radical (unpaired) electrons. The van der Waals surface area contributed by atoms with E-state index in [1.165, 1.54) is 162 Å². The summed E-state index contributed by atoms with van der Waals surface area (Å²) in [6.45, 7) is 12.0. The highest BCUT2D eigenvalue weighted by molar-refractivity contribution is 7.24. The fraction of sp³-hybridized carbons (Fsp3) is 0.464. The Kier molecular flexibility index (Phi) is 21.9. The molecule has 0 amide bonds. The van der Waals surface area contributed by atoms with Crippen LogP contribution in [0, 0.1) is 61.9 Å². The molecule has 0 aliphatic carbocycles. The third-order valence-electron chi connectivity index (χ3n) is 11.0. The second-order valence-corrected chi connectivity index (χ2v) is 20.9. The molecule has 326 valence electrons. The first kappa shape index (κ1) is 48.9. The monoisotopic (exact) mass is 898 g/mol. The van der Waals surface area contributed by atoms with Crippen molar-refractivity contribution in [2.24, 2.45) is 0 Å². The van der Waals surface area contributed by atoms with Crippen LogP contribution in [0.5, 0.6) is 11.5 Å². The van der Waals surface area contributed by atoms with Crippen molar-refractivity contribution < 1.29 is 9.47 Å². The Bertz CT molecular complexity index is 2360. The minimum Gasteiger partial charge on any atom is -0.493 e. The summed E-state index contributed by atoms with van der Waals surface area (Å²) in [6.07, 6.45) is 33.2. The van der Waals surface area contributed by atoms with Gasteiger partial charge in [-0.2, -0.15) is 0 Å². The summed E-state index contributed by atoms with van der Waals surface area (Å²) in [5.74, 6) is 17.1. The van der Waals surface area contributed by atoms with Gasteiger partial charge in [0.25, 0.3) is 0 Å². The number of unbranched alkanes of at least 4 members (excludes halogenated alkanes) is 15. The molecule has 0 N–H and O–H groups in total. The molecule has 0 fully saturated rings. The molecule has 0 aliphatic heterocycles. The van der Waals surface area contributed by atoms with Crippen molar-refractivity contribution >= 4 is 45.3 Å². The average Bonchev–Trinajstić information content (AvgIpc) is 4.10. The number of terminal acetylenes is 1. The first-order valence-corrected chi connectivity index (χ1v) is 26.5. The minimum absolute atomic E-state index is 0.720. The van der Waals surface area contributed by atoms with Gasteiger partial charge in [0.15, 0.2) is 5.75 Å². The number of aryl methyl sites for hydroxylation is 4. The van der Waals surface area contributed by atoms with E-state index in [1.807, 2.05) is 28.7 Å². The molecule has 2 nitrogen and oxygen atoms in total. The summed E-state index contributed by atoms with van der Waals surface area (Å²) in [6, 6.07) is 18.6. The van der Waals surface area contributed by atoms with Crippen LogP contribution >= 0.6 is 45.3 Å². The van der Waals surface area contributed by atoms with Crippen LogP contribution in [-0.4, -0.2) is 6.61 Å². The van der Waals surface area contributed by atoms with Crippen LogP contribution in [0.2, 0.25) is 0 Å². The fourth-order valence-corrected chi connectivity index (χ4v) is 12.1. The Balaban J connectivity index is 1.49. The third-order valence-corrected chi connectivity index (χ3v) is 15.8. The number of hydrogen-bond acceptors (Lipinski definition) is 6. The van der Waals surface area contributed by atoms with Gasteiger partial charge in [0.05, 0.1) is 11.5 Å². The quantitative estimate of drug-likeness (QED) is 0.0386. The Labute approximate surface area is 391 Å². The van der Waals surface area contributed by atoms with Crippen LogP contribution in [0.4, 0.5) is 0 Å². The highest BCUT2D eigenvalue weighted by atomic mass is 32.1. The van der Waals surface area contributed by atoms with Gasteiger partial charge in [-0.25, -0.2) is 0 Å². The summed E-state index contributed by atoms with van der Waals surface area (Å²) in [4.78, 5) is 10.2. The van der Waals surface area contributed by atoms with Crippen molar-refractivity contribution in [3.63, 3.8) is 0 Å². The van der Waals surface area contributed by atoms with E-state index in [4.69, 9.17) is 15.9 Å². The summed E-state index contributed by atoms with van der Waals surface area (Å²) >= 11 is 7.44. The first-order chi connectivity index (χ1) is 30.4. The average molecular weight is 899 g/mol. The highest BCUT2D eigenvalue weighted by Crippen LogP contribution is 2.48. The van der Waals surface area contributed by atoms with E-state index in [0.717, 1.165) is 45.6 Å². The van der Waals surface area contributed by atoms with E-state index in [9.17, 15) is 0 Å². The van der Waals surface area contributed by atoms with Gasteiger partial charge in [-0.15, -0.1) is 51.8 Å². The molecule has 6 heteroatoms. The molecule has 0 bridgehead atoms. The van der Waals surface area contributed by atoms with Gasteiger partial charge in [0.2, 0.25) is 0 Å². The molecule has 1 aromatic carbocycles. The van der Waals surface area contributed by atoms with Gasteiger partial charge in [0, 0.05) is 57.5 Å². The molecule has 62 heavy (non-hydrogen) atoms. The zero-order valence-corrected chi connectivity index (χ0v) is 41.3. The van der Waals surface area contributed by atoms with Crippen molar-refractivity contribution in [1.82, 2.24) is 0 Å². The summed E-state index contributed by atoms with van der Waals surface area (Å²) in [5.41, 5.74) is 5.45. The van der Waals surface area contributed by atoms with Gasteiger partial charge in [-0.1, -0.05) is 117 Å². The van der Waals surface area contributed by atoms with Gasteiger partial charge < -0.3 is 9.47 Å². The molecule has 0 saturated heterocycles. The lowest BCUT2D eigenvalue weighted by Crippen LogP contribution is -2.01. The SMILES string of the molecule is C#CC#CC#CC#COc1cc(C)sc1-c1ccc(-c2cc(CCCCCCCC)c(-c3ccc(-c4sc(C)cc4CCCCCCCC)s3)cc2OCCCCCCCC)s1. The fourth-order valence-electron chi connectivity index (χ4n) is 7.77. The van der Waals surface area contributed by atoms with Crippen molar-refractivity contribution in [3.8, 4) is 99.9 Å². The minimum atomic E-state index is 0.720. The number of ether oxygens (including phenoxy) is 2. The van der Waals surface area contributed by atoms with Gasteiger partial charge in [-0.3, -0.25) is 0 Å². The molecule has 4 aromatic heterocycles. The highest BCUT2D eigenvalue weighted by Gasteiger charge is 2.21. The van der Waals surface area contributed by atoms with Crippen LogP contribution in [0.1, 0.15) is 157 Å². The molecular weight excluding hydrogens is 833 g/mol. The smallest absolute Gasteiger partial charge is 0.159 e. The van der Waals surface area contributed by atoms with Gasteiger partial charge in [-0.05, 0) is 129 Å².